The van der Waals surface area contributed by atoms with Crippen molar-refractivity contribution in [3.8, 4) is 0 Å². The van der Waals surface area contributed by atoms with Gasteiger partial charge in [0.25, 0.3) is 5.91 Å². The molecule has 0 saturated heterocycles. The van der Waals surface area contributed by atoms with Crippen molar-refractivity contribution >= 4 is 17.4 Å². The summed E-state index contributed by atoms with van der Waals surface area (Å²) in [5.74, 6) is -1.33. The zero-order chi connectivity index (χ0) is 14.7. The molecule has 0 bridgehead atoms. The van der Waals surface area contributed by atoms with E-state index in [0.717, 1.165) is 0 Å². The van der Waals surface area contributed by atoms with Crippen molar-refractivity contribution in [2.45, 2.75) is 26.3 Å². The molecule has 2 aromatic rings. The lowest BCUT2D eigenvalue weighted by atomic mass is 10.0. The van der Waals surface area contributed by atoms with Crippen molar-refractivity contribution in [3.05, 3.63) is 30.1 Å². The SMILES string of the molecule is CC(C)C[C@@H](NC(=O)c1cnn2ncccc12)C(=O)O. The number of hydrogen-bond donors (Lipinski definition) is 2. The smallest absolute Gasteiger partial charge is 0.326 e. The summed E-state index contributed by atoms with van der Waals surface area (Å²) >= 11 is 0. The van der Waals surface area contributed by atoms with Crippen molar-refractivity contribution in [3.63, 3.8) is 0 Å². The number of hydrogen-bond acceptors (Lipinski definition) is 4. The second-order valence-corrected chi connectivity index (χ2v) is 4.95. The Labute approximate surface area is 115 Å². The molecule has 2 rings (SSSR count). The zero-order valence-corrected chi connectivity index (χ0v) is 11.3. The Bertz CT molecular complexity index is 635. The lowest BCUT2D eigenvalue weighted by Gasteiger charge is -2.15. The van der Waals surface area contributed by atoms with Crippen LogP contribution in [0.25, 0.3) is 5.52 Å². The standard InChI is InChI=1S/C13H16N4O3/c1-8(2)6-10(13(19)20)16-12(18)9-7-15-17-11(9)4-3-5-14-17/h3-5,7-8,10H,6H2,1-2H3,(H,16,18)(H,19,20)/t10-/m1/s1. The number of nitrogens with one attached hydrogen (secondary N) is 1. The number of carbonyl (C=O) groups excluding carboxylic acids is 1. The minimum Gasteiger partial charge on any atom is -0.480 e. The van der Waals surface area contributed by atoms with E-state index in [9.17, 15) is 9.59 Å². The molecule has 2 aromatic heterocycles. The highest BCUT2D eigenvalue weighted by atomic mass is 16.4. The van der Waals surface area contributed by atoms with Gasteiger partial charge in [-0.15, -0.1) is 0 Å². The zero-order valence-electron chi connectivity index (χ0n) is 11.3. The van der Waals surface area contributed by atoms with E-state index in [1.165, 1.54) is 10.8 Å². The molecule has 0 fully saturated rings. The van der Waals surface area contributed by atoms with Crippen molar-refractivity contribution in [1.82, 2.24) is 20.1 Å². The molecule has 0 aromatic carbocycles. The topological polar surface area (TPSA) is 96.6 Å². The van der Waals surface area contributed by atoms with Crippen LogP contribution in [0.2, 0.25) is 0 Å². The van der Waals surface area contributed by atoms with Gasteiger partial charge in [0.05, 0.1) is 11.8 Å². The van der Waals surface area contributed by atoms with Crippen LogP contribution < -0.4 is 5.32 Å². The highest BCUT2D eigenvalue weighted by Gasteiger charge is 2.23. The molecule has 0 unspecified atom stereocenters. The van der Waals surface area contributed by atoms with Gasteiger partial charge in [0.15, 0.2) is 0 Å². The molecular formula is C13H16N4O3. The summed E-state index contributed by atoms with van der Waals surface area (Å²) in [5, 5.41) is 19.6. The predicted molar refractivity (Wildman–Crippen MR) is 71.3 cm³/mol. The molecule has 2 heterocycles. The van der Waals surface area contributed by atoms with Gasteiger partial charge in [-0.2, -0.15) is 14.8 Å². The molecule has 0 aliphatic carbocycles. The number of rotatable bonds is 5. The molecule has 20 heavy (non-hydrogen) atoms. The molecule has 7 nitrogen and oxygen atoms in total. The van der Waals surface area contributed by atoms with Crippen LogP contribution in [-0.2, 0) is 4.79 Å². The predicted octanol–water partition coefficient (Wildman–Crippen LogP) is 0.958. The first-order chi connectivity index (χ1) is 9.49. The molecule has 0 aliphatic heterocycles. The monoisotopic (exact) mass is 276 g/mol. The van der Waals surface area contributed by atoms with E-state index in [0.29, 0.717) is 17.5 Å². The quantitative estimate of drug-likeness (QED) is 0.847. The highest BCUT2D eigenvalue weighted by Crippen LogP contribution is 2.10. The normalized spacial score (nSPS) is 12.6. The maximum Gasteiger partial charge on any atom is 0.326 e. The number of carboxylic acids is 1. The second-order valence-electron chi connectivity index (χ2n) is 4.95. The van der Waals surface area contributed by atoms with Crippen LogP contribution in [0.15, 0.2) is 24.5 Å². The number of aromatic nitrogens is 3. The number of carboxylic acid groups (broad SMARTS) is 1. The summed E-state index contributed by atoms with van der Waals surface area (Å²) in [4.78, 5) is 23.3. The van der Waals surface area contributed by atoms with Crippen molar-refractivity contribution in [2.75, 3.05) is 0 Å². The maximum absolute atomic E-state index is 12.2. The number of aliphatic carboxylic acids is 1. The third-order valence-electron chi connectivity index (χ3n) is 2.86. The molecule has 7 heteroatoms. The van der Waals surface area contributed by atoms with E-state index in [1.807, 2.05) is 13.8 Å². The number of nitrogens with zero attached hydrogens (tertiary/aromatic N) is 3. The maximum atomic E-state index is 12.2. The lowest BCUT2D eigenvalue weighted by molar-refractivity contribution is -0.139. The van der Waals surface area contributed by atoms with Crippen LogP contribution in [0, 0.1) is 5.92 Å². The minimum absolute atomic E-state index is 0.168. The Morgan fingerprint density at radius 1 is 1.40 bits per heavy atom. The van der Waals surface area contributed by atoms with Gasteiger partial charge in [-0.1, -0.05) is 13.8 Å². The number of carbonyl (C=O) groups is 2. The summed E-state index contributed by atoms with van der Waals surface area (Å²) in [6, 6.07) is 2.48. The summed E-state index contributed by atoms with van der Waals surface area (Å²) in [6.07, 6.45) is 3.31. The average Bonchev–Trinajstić information content (AvgIpc) is 2.81. The molecule has 1 atom stereocenters. The van der Waals surface area contributed by atoms with Crippen LogP contribution in [0.5, 0.6) is 0 Å². The van der Waals surface area contributed by atoms with E-state index in [1.54, 1.807) is 18.3 Å². The number of fused-ring (bicyclic) bond motifs is 1. The van der Waals surface area contributed by atoms with Gasteiger partial charge in [-0.3, -0.25) is 4.79 Å². The molecule has 0 saturated carbocycles. The van der Waals surface area contributed by atoms with E-state index in [-0.39, 0.29) is 5.92 Å². The second kappa shape index (κ2) is 5.68. The summed E-state index contributed by atoms with van der Waals surface area (Å²) in [7, 11) is 0. The van der Waals surface area contributed by atoms with Crippen molar-refractivity contribution in [2.24, 2.45) is 5.92 Å². The van der Waals surface area contributed by atoms with Crippen LogP contribution in [0.1, 0.15) is 30.6 Å². The van der Waals surface area contributed by atoms with Crippen molar-refractivity contribution in [1.29, 1.82) is 0 Å². The first-order valence-corrected chi connectivity index (χ1v) is 6.31. The molecule has 0 aliphatic rings. The Balaban J connectivity index is 2.20. The van der Waals surface area contributed by atoms with E-state index in [4.69, 9.17) is 5.11 Å². The first kappa shape index (κ1) is 14.0. The lowest BCUT2D eigenvalue weighted by Crippen LogP contribution is -2.41. The summed E-state index contributed by atoms with van der Waals surface area (Å²) in [5.41, 5.74) is 0.854. The third-order valence-corrected chi connectivity index (χ3v) is 2.86. The Kier molecular flexibility index (Phi) is 3.97. The number of amides is 1. The van der Waals surface area contributed by atoms with Gasteiger partial charge in [-0.05, 0) is 24.5 Å². The van der Waals surface area contributed by atoms with Crippen molar-refractivity contribution < 1.29 is 14.7 Å². The van der Waals surface area contributed by atoms with Gasteiger partial charge in [-0.25, -0.2) is 4.79 Å². The van der Waals surface area contributed by atoms with Crippen LogP contribution in [-0.4, -0.2) is 37.9 Å². The summed E-state index contributed by atoms with van der Waals surface area (Å²) in [6.45, 7) is 3.81. The van der Waals surface area contributed by atoms with Gasteiger partial charge in [0.2, 0.25) is 0 Å². The van der Waals surface area contributed by atoms with Crippen LogP contribution in [0.4, 0.5) is 0 Å². The molecule has 0 spiro atoms. The fourth-order valence-corrected chi connectivity index (χ4v) is 1.94. The Morgan fingerprint density at radius 3 is 2.80 bits per heavy atom. The average molecular weight is 276 g/mol. The molecule has 106 valence electrons. The van der Waals surface area contributed by atoms with Crippen LogP contribution >= 0.6 is 0 Å². The van der Waals surface area contributed by atoms with Gasteiger partial charge >= 0.3 is 5.97 Å². The van der Waals surface area contributed by atoms with Gasteiger partial charge < -0.3 is 10.4 Å². The fourth-order valence-electron chi connectivity index (χ4n) is 1.94. The molecule has 2 N–H and O–H groups in total. The fraction of sp³-hybridized carbons (Fsp3) is 0.385. The highest BCUT2D eigenvalue weighted by molar-refractivity contribution is 6.02. The molecular weight excluding hydrogens is 260 g/mol. The summed E-state index contributed by atoms with van der Waals surface area (Å²) < 4.78 is 1.33. The largest absolute Gasteiger partial charge is 0.480 e. The third kappa shape index (κ3) is 2.93. The van der Waals surface area contributed by atoms with Crippen LogP contribution in [0.3, 0.4) is 0 Å². The first-order valence-electron chi connectivity index (χ1n) is 6.31. The molecule has 0 radical (unpaired) electrons. The van der Waals surface area contributed by atoms with Gasteiger partial charge in [0, 0.05) is 6.20 Å². The van der Waals surface area contributed by atoms with E-state index in [2.05, 4.69) is 15.5 Å². The Morgan fingerprint density at radius 2 is 2.15 bits per heavy atom. The minimum atomic E-state index is -1.04. The molecule has 1 amide bonds. The Hall–Kier alpha value is -2.44. The van der Waals surface area contributed by atoms with E-state index < -0.39 is 17.9 Å². The van der Waals surface area contributed by atoms with Gasteiger partial charge in [0.1, 0.15) is 11.6 Å². The van der Waals surface area contributed by atoms with E-state index >= 15 is 0 Å².